The molecular formula is C13H21NOS. The fourth-order valence-corrected chi connectivity index (χ4v) is 2.74. The Hall–Kier alpha value is -0.510. The predicted octanol–water partition coefficient (Wildman–Crippen LogP) is 2.96. The molecule has 0 spiro atoms. The Labute approximate surface area is 102 Å². The van der Waals surface area contributed by atoms with Gasteiger partial charge in [-0.3, -0.25) is 0 Å². The van der Waals surface area contributed by atoms with Gasteiger partial charge < -0.3 is 10.8 Å². The zero-order chi connectivity index (χ0) is 12.0. The van der Waals surface area contributed by atoms with Gasteiger partial charge in [-0.2, -0.15) is 0 Å². The second-order valence-corrected chi connectivity index (χ2v) is 5.47. The minimum atomic E-state index is 0.116. The molecule has 0 aliphatic heterocycles. The van der Waals surface area contributed by atoms with Crippen LogP contribution >= 0.6 is 11.8 Å². The van der Waals surface area contributed by atoms with Crippen LogP contribution in [0.4, 0.5) is 0 Å². The number of rotatable bonds is 6. The van der Waals surface area contributed by atoms with Crippen molar-refractivity contribution in [2.24, 2.45) is 5.73 Å². The molecule has 0 radical (unpaired) electrons. The first-order valence-electron chi connectivity index (χ1n) is 5.81. The molecular weight excluding hydrogens is 218 g/mol. The van der Waals surface area contributed by atoms with E-state index in [0.717, 1.165) is 12.8 Å². The number of aliphatic hydroxyl groups is 1. The molecule has 0 saturated heterocycles. The summed E-state index contributed by atoms with van der Waals surface area (Å²) in [7, 11) is 0. The molecule has 0 aromatic heterocycles. The van der Waals surface area contributed by atoms with E-state index in [1.54, 1.807) is 11.8 Å². The van der Waals surface area contributed by atoms with Gasteiger partial charge in [-0.25, -0.2) is 0 Å². The molecule has 0 fully saturated rings. The molecule has 90 valence electrons. The van der Waals surface area contributed by atoms with E-state index in [-0.39, 0.29) is 12.6 Å². The van der Waals surface area contributed by atoms with Gasteiger partial charge in [0.25, 0.3) is 0 Å². The van der Waals surface area contributed by atoms with Gasteiger partial charge in [0.15, 0.2) is 0 Å². The van der Waals surface area contributed by atoms with Gasteiger partial charge in [-0.1, -0.05) is 32.0 Å². The Morgan fingerprint density at radius 1 is 1.38 bits per heavy atom. The third-order valence-electron chi connectivity index (χ3n) is 2.62. The zero-order valence-corrected chi connectivity index (χ0v) is 10.8. The molecule has 0 heterocycles. The van der Waals surface area contributed by atoms with E-state index < -0.39 is 0 Å². The highest BCUT2D eigenvalue weighted by atomic mass is 32.2. The van der Waals surface area contributed by atoms with Gasteiger partial charge in [0.05, 0.1) is 0 Å². The van der Waals surface area contributed by atoms with Crippen LogP contribution in [0.25, 0.3) is 0 Å². The van der Waals surface area contributed by atoms with Crippen molar-refractivity contribution in [1.82, 2.24) is 0 Å². The summed E-state index contributed by atoms with van der Waals surface area (Å²) in [6, 6.07) is 8.40. The summed E-state index contributed by atoms with van der Waals surface area (Å²) in [5, 5.41) is 9.33. The second kappa shape index (κ2) is 6.94. The molecule has 1 aromatic carbocycles. The second-order valence-electron chi connectivity index (χ2n) is 3.99. The Morgan fingerprint density at radius 2 is 2.06 bits per heavy atom. The highest BCUT2D eigenvalue weighted by molar-refractivity contribution is 8.00. The Morgan fingerprint density at radius 3 is 2.69 bits per heavy atom. The highest BCUT2D eigenvalue weighted by Crippen LogP contribution is 2.31. The minimum Gasteiger partial charge on any atom is -0.396 e. The normalized spacial score (nSPS) is 14.8. The van der Waals surface area contributed by atoms with Crippen LogP contribution in [-0.2, 0) is 0 Å². The smallest absolute Gasteiger partial charge is 0.0441 e. The lowest BCUT2D eigenvalue weighted by atomic mass is 10.1. The molecule has 1 aromatic rings. The summed E-state index contributed by atoms with van der Waals surface area (Å²) in [4.78, 5) is 1.25. The van der Waals surface area contributed by atoms with Crippen LogP contribution in [0.1, 0.15) is 38.3 Å². The van der Waals surface area contributed by atoms with Crippen molar-refractivity contribution < 1.29 is 5.11 Å². The number of hydrogen-bond acceptors (Lipinski definition) is 3. The number of nitrogens with two attached hydrogens (primary N) is 1. The van der Waals surface area contributed by atoms with Crippen molar-refractivity contribution >= 4 is 11.8 Å². The zero-order valence-electron chi connectivity index (χ0n) is 10.0. The fourth-order valence-electron chi connectivity index (χ4n) is 1.57. The van der Waals surface area contributed by atoms with Crippen LogP contribution in [0.5, 0.6) is 0 Å². The van der Waals surface area contributed by atoms with Gasteiger partial charge >= 0.3 is 0 Å². The maximum Gasteiger partial charge on any atom is 0.0441 e. The molecule has 0 bridgehead atoms. The van der Waals surface area contributed by atoms with Crippen molar-refractivity contribution in [3.63, 3.8) is 0 Å². The quantitative estimate of drug-likeness (QED) is 0.750. The largest absolute Gasteiger partial charge is 0.396 e. The summed E-state index contributed by atoms with van der Waals surface area (Å²) in [6.07, 6.45) is 1.77. The molecule has 3 N–H and O–H groups in total. The molecule has 2 atom stereocenters. The molecule has 2 nitrogen and oxygen atoms in total. The Balaban J connectivity index is 2.78. The first-order valence-corrected chi connectivity index (χ1v) is 6.69. The number of thioether (sulfide) groups is 1. The first-order chi connectivity index (χ1) is 7.69. The predicted molar refractivity (Wildman–Crippen MR) is 70.7 cm³/mol. The van der Waals surface area contributed by atoms with E-state index in [1.807, 2.05) is 12.1 Å². The van der Waals surface area contributed by atoms with E-state index in [2.05, 4.69) is 26.0 Å². The SMILES string of the molecule is CC[C@H](N)c1ccccc1SC(C)CCO. The van der Waals surface area contributed by atoms with Gasteiger partial charge in [-0.05, 0) is 24.5 Å². The lowest BCUT2D eigenvalue weighted by Crippen LogP contribution is -2.10. The third kappa shape index (κ3) is 3.81. The van der Waals surface area contributed by atoms with Crippen LogP contribution in [0, 0.1) is 0 Å². The topological polar surface area (TPSA) is 46.2 Å². The standard InChI is InChI=1S/C13H21NOS/c1-3-12(14)11-6-4-5-7-13(11)16-10(2)8-9-15/h4-7,10,12,15H,3,8-9,14H2,1-2H3/t10?,12-/m0/s1. The van der Waals surface area contributed by atoms with Crippen LogP contribution in [0.15, 0.2) is 29.2 Å². The highest BCUT2D eigenvalue weighted by Gasteiger charge is 2.11. The lowest BCUT2D eigenvalue weighted by molar-refractivity contribution is 0.289. The molecule has 1 unspecified atom stereocenters. The van der Waals surface area contributed by atoms with Crippen LogP contribution in [0.2, 0.25) is 0 Å². The van der Waals surface area contributed by atoms with E-state index in [4.69, 9.17) is 10.8 Å². The molecule has 3 heteroatoms. The maximum absolute atomic E-state index is 8.90. The third-order valence-corrected chi connectivity index (χ3v) is 3.89. The summed E-state index contributed by atoms with van der Waals surface area (Å²) < 4.78 is 0. The van der Waals surface area contributed by atoms with Crippen LogP contribution in [0.3, 0.4) is 0 Å². The van der Waals surface area contributed by atoms with Crippen molar-refractivity contribution in [1.29, 1.82) is 0 Å². The average Bonchev–Trinajstić information content (AvgIpc) is 2.29. The fraction of sp³-hybridized carbons (Fsp3) is 0.538. The van der Waals surface area contributed by atoms with Crippen LogP contribution in [-0.4, -0.2) is 17.0 Å². The lowest BCUT2D eigenvalue weighted by Gasteiger charge is -2.17. The molecule has 16 heavy (non-hydrogen) atoms. The van der Waals surface area contributed by atoms with Crippen molar-refractivity contribution in [2.45, 2.75) is 42.9 Å². The van der Waals surface area contributed by atoms with Crippen molar-refractivity contribution in [3.05, 3.63) is 29.8 Å². The van der Waals surface area contributed by atoms with Crippen molar-refractivity contribution in [2.75, 3.05) is 6.61 Å². The van der Waals surface area contributed by atoms with Gasteiger partial charge in [-0.15, -0.1) is 11.8 Å². The van der Waals surface area contributed by atoms with Crippen LogP contribution < -0.4 is 5.73 Å². The molecule has 0 aliphatic carbocycles. The summed E-state index contributed by atoms with van der Waals surface area (Å²) in [5.74, 6) is 0. The number of hydrogen-bond donors (Lipinski definition) is 2. The maximum atomic E-state index is 8.90. The Kier molecular flexibility index (Phi) is 5.88. The van der Waals surface area contributed by atoms with E-state index in [9.17, 15) is 0 Å². The summed E-state index contributed by atoms with van der Waals surface area (Å²) >= 11 is 1.80. The summed E-state index contributed by atoms with van der Waals surface area (Å²) in [5.41, 5.74) is 7.30. The molecule has 1 rings (SSSR count). The summed E-state index contributed by atoms with van der Waals surface area (Å²) in [6.45, 7) is 4.48. The van der Waals surface area contributed by atoms with Gasteiger partial charge in [0.1, 0.15) is 0 Å². The Bertz CT molecular complexity index is 317. The van der Waals surface area contributed by atoms with E-state index in [0.29, 0.717) is 5.25 Å². The van der Waals surface area contributed by atoms with E-state index >= 15 is 0 Å². The average molecular weight is 239 g/mol. The van der Waals surface area contributed by atoms with Gasteiger partial charge in [0, 0.05) is 22.8 Å². The van der Waals surface area contributed by atoms with Gasteiger partial charge in [0.2, 0.25) is 0 Å². The van der Waals surface area contributed by atoms with Crippen molar-refractivity contribution in [3.8, 4) is 0 Å². The number of benzene rings is 1. The first kappa shape index (κ1) is 13.6. The van der Waals surface area contributed by atoms with E-state index in [1.165, 1.54) is 10.5 Å². The molecule has 0 aliphatic rings. The molecule has 0 amide bonds. The number of aliphatic hydroxyl groups excluding tert-OH is 1. The minimum absolute atomic E-state index is 0.116. The molecule has 0 saturated carbocycles. The monoisotopic (exact) mass is 239 g/mol.